The van der Waals surface area contributed by atoms with Crippen molar-refractivity contribution in [2.75, 3.05) is 11.9 Å². The largest absolute Gasteiger partial charge is 0.329 e. The topological polar surface area (TPSA) is 70.1 Å². The predicted molar refractivity (Wildman–Crippen MR) is 75.0 cm³/mol. The Hall–Kier alpha value is -2.65. The van der Waals surface area contributed by atoms with Crippen molar-refractivity contribution in [3.05, 3.63) is 47.4 Å². The van der Waals surface area contributed by atoms with Crippen LogP contribution in [0.1, 0.15) is 5.56 Å². The van der Waals surface area contributed by atoms with Gasteiger partial charge in [0.25, 0.3) is 5.78 Å². The molecule has 0 unspecified atom stereocenters. The van der Waals surface area contributed by atoms with Crippen molar-refractivity contribution in [3.8, 4) is 6.07 Å². The van der Waals surface area contributed by atoms with Gasteiger partial charge in [-0.1, -0.05) is 11.6 Å². The maximum atomic E-state index is 8.82. The second-order valence-electron chi connectivity index (χ2n) is 4.13. The maximum absolute atomic E-state index is 8.82. The molecule has 2 heterocycles. The number of halogens is 1. The highest BCUT2D eigenvalue weighted by Crippen LogP contribution is 2.25. The fourth-order valence-electron chi connectivity index (χ4n) is 1.90. The predicted octanol–water partition coefficient (Wildman–Crippen LogP) is 2.42. The molecular formula is C13H9ClN6. The minimum absolute atomic E-state index is 0.348. The molecule has 0 radical (unpaired) electrons. The first-order chi connectivity index (χ1) is 9.69. The van der Waals surface area contributed by atoms with Crippen LogP contribution in [0.3, 0.4) is 0 Å². The van der Waals surface area contributed by atoms with E-state index in [1.807, 2.05) is 24.1 Å². The van der Waals surface area contributed by atoms with E-state index in [0.29, 0.717) is 16.5 Å². The monoisotopic (exact) mass is 284 g/mol. The van der Waals surface area contributed by atoms with Gasteiger partial charge < -0.3 is 4.90 Å². The Balaban J connectivity index is 2.09. The molecule has 0 atom stereocenters. The zero-order valence-corrected chi connectivity index (χ0v) is 11.3. The van der Waals surface area contributed by atoms with Crippen molar-refractivity contribution in [2.24, 2.45) is 0 Å². The quantitative estimate of drug-likeness (QED) is 0.676. The van der Waals surface area contributed by atoms with Gasteiger partial charge >= 0.3 is 0 Å². The van der Waals surface area contributed by atoms with Crippen molar-refractivity contribution in [3.63, 3.8) is 0 Å². The zero-order chi connectivity index (χ0) is 14.1. The average molecular weight is 285 g/mol. The Morgan fingerprint density at radius 2 is 2.05 bits per heavy atom. The third-order valence-electron chi connectivity index (χ3n) is 2.93. The standard InChI is InChI=1S/C13H9ClN6/c1-19(10-4-2-9(7-15)3-5-10)12-6-11(14)18-13-16-8-17-20(12)13/h2-6,8H,1H3. The number of hydrogen-bond acceptors (Lipinski definition) is 5. The van der Waals surface area contributed by atoms with Gasteiger partial charge in [-0.25, -0.2) is 0 Å². The van der Waals surface area contributed by atoms with Crippen LogP contribution in [0.4, 0.5) is 11.5 Å². The lowest BCUT2D eigenvalue weighted by atomic mass is 10.2. The first-order valence-corrected chi connectivity index (χ1v) is 6.17. The van der Waals surface area contributed by atoms with Gasteiger partial charge in [-0.2, -0.15) is 24.8 Å². The Morgan fingerprint density at radius 3 is 2.75 bits per heavy atom. The molecule has 3 aromatic rings. The van der Waals surface area contributed by atoms with Gasteiger partial charge in [0.2, 0.25) is 0 Å². The van der Waals surface area contributed by atoms with Crippen molar-refractivity contribution in [1.29, 1.82) is 5.26 Å². The molecule has 0 saturated heterocycles. The summed E-state index contributed by atoms with van der Waals surface area (Å²) in [6.45, 7) is 0. The highest BCUT2D eigenvalue weighted by molar-refractivity contribution is 6.29. The fourth-order valence-corrected chi connectivity index (χ4v) is 2.07. The summed E-state index contributed by atoms with van der Waals surface area (Å²) in [5, 5.41) is 13.3. The molecule has 0 aliphatic heterocycles. The van der Waals surface area contributed by atoms with Crippen molar-refractivity contribution in [1.82, 2.24) is 19.6 Å². The first-order valence-electron chi connectivity index (χ1n) is 5.79. The molecule has 7 heteroatoms. The smallest absolute Gasteiger partial charge is 0.255 e. The van der Waals surface area contributed by atoms with E-state index in [4.69, 9.17) is 16.9 Å². The molecule has 0 spiro atoms. The summed E-state index contributed by atoms with van der Waals surface area (Å²) in [6.07, 6.45) is 1.43. The SMILES string of the molecule is CN(c1ccc(C#N)cc1)c1cc(Cl)nc2ncnn12. The first kappa shape index (κ1) is 12.4. The minimum atomic E-state index is 0.348. The molecule has 0 aliphatic rings. The number of fused-ring (bicyclic) bond motifs is 1. The molecule has 3 rings (SSSR count). The van der Waals surface area contributed by atoms with E-state index in [2.05, 4.69) is 21.1 Å². The summed E-state index contributed by atoms with van der Waals surface area (Å²) in [6, 6.07) is 11.0. The van der Waals surface area contributed by atoms with E-state index >= 15 is 0 Å². The molecule has 0 fully saturated rings. The van der Waals surface area contributed by atoms with E-state index in [1.54, 1.807) is 22.7 Å². The number of aromatic nitrogens is 4. The highest BCUT2D eigenvalue weighted by Gasteiger charge is 2.12. The zero-order valence-electron chi connectivity index (χ0n) is 10.5. The normalized spacial score (nSPS) is 10.4. The minimum Gasteiger partial charge on any atom is -0.329 e. The van der Waals surface area contributed by atoms with Gasteiger partial charge in [0.05, 0.1) is 11.6 Å². The number of benzene rings is 1. The summed E-state index contributed by atoms with van der Waals surface area (Å²) in [5.41, 5.74) is 1.52. The Kier molecular flexibility index (Phi) is 2.97. The second kappa shape index (κ2) is 4.79. The van der Waals surface area contributed by atoms with Gasteiger partial charge in [-0.15, -0.1) is 0 Å². The van der Waals surface area contributed by atoms with Gasteiger partial charge in [0.15, 0.2) is 0 Å². The Labute approximate surface area is 119 Å². The lowest BCUT2D eigenvalue weighted by Gasteiger charge is -2.19. The Bertz CT molecular complexity index is 802. The third kappa shape index (κ3) is 2.04. The van der Waals surface area contributed by atoms with Crippen LogP contribution in [0, 0.1) is 11.3 Å². The third-order valence-corrected chi connectivity index (χ3v) is 3.12. The summed E-state index contributed by atoms with van der Waals surface area (Å²) in [4.78, 5) is 10.0. The van der Waals surface area contributed by atoms with Crippen LogP contribution in [0.2, 0.25) is 5.15 Å². The van der Waals surface area contributed by atoms with Crippen LogP contribution in [-0.4, -0.2) is 26.6 Å². The highest BCUT2D eigenvalue weighted by atomic mass is 35.5. The molecular weight excluding hydrogens is 276 g/mol. The van der Waals surface area contributed by atoms with Crippen LogP contribution < -0.4 is 4.90 Å². The number of nitriles is 1. The van der Waals surface area contributed by atoms with Gasteiger partial charge in [-0.3, -0.25) is 0 Å². The van der Waals surface area contributed by atoms with Crippen molar-refractivity contribution >= 4 is 28.9 Å². The molecule has 0 amide bonds. The van der Waals surface area contributed by atoms with Gasteiger partial charge in [0.1, 0.15) is 17.3 Å². The van der Waals surface area contributed by atoms with Crippen LogP contribution >= 0.6 is 11.6 Å². The molecule has 2 aromatic heterocycles. The second-order valence-corrected chi connectivity index (χ2v) is 4.51. The summed E-state index contributed by atoms with van der Waals surface area (Å²) in [5.74, 6) is 1.18. The number of rotatable bonds is 2. The maximum Gasteiger partial charge on any atom is 0.255 e. The average Bonchev–Trinajstić information content (AvgIpc) is 2.94. The lowest BCUT2D eigenvalue weighted by molar-refractivity contribution is 0.912. The van der Waals surface area contributed by atoms with E-state index < -0.39 is 0 Å². The van der Waals surface area contributed by atoms with Gasteiger partial charge in [0, 0.05) is 18.8 Å². The number of anilines is 2. The molecule has 0 N–H and O–H groups in total. The lowest BCUT2D eigenvalue weighted by Crippen LogP contribution is -2.14. The summed E-state index contributed by atoms with van der Waals surface area (Å²) >= 11 is 6.00. The van der Waals surface area contributed by atoms with Crippen LogP contribution in [0.25, 0.3) is 5.78 Å². The molecule has 98 valence electrons. The molecule has 0 bridgehead atoms. The van der Waals surface area contributed by atoms with E-state index in [1.165, 1.54) is 6.33 Å². The van der Waals surface area contributed by atoms with E-state index in [-0.39, 0.29) is 0 Å². The molecule has 0 saturated carbocycles. The number of nitrogens with zero attached hydrogens (tertiary/aromatic N) is 6. The van der Waals surface area contributed by atoms with E-state index in [0.717, 1.165) is 11.5 Å². The molecule has 20 heavy (non-hydrogen) atoms. The number of hydrogen-bond donors (Lipinski definition) is 0. The Morgan fingerprint density at radius 1 is 1.30 bits per heavy atom. The fraction of sp³-hybridized carbons (Fsp3) is 0.0769. The van der Waals surface area contributed by atoms with Crippen LogP contribution in [0.5, 0.6) is 0 Å². The van der Waals surface area contributed by atoms with Crippen LogP contribution in [0.15, 0.2) is 36.7 Å². The van der Waals surface area contributed by atoms with Crippen molar-refractivity contribution < 1.29 is 0 Å². The summed E-state index contributed by atoms with van der Waals surface area (Å²) in [7, 11) is 1.88. The molecule has 1 aromatic carbocycles. The molecule has 6 nitrogen and oxygen atoms in total. The molecule has 0 aliphatic carbocycles. The summed E-state index contributed by atoms with van der Waals surface area (Å²) < 4.78 is 1.60. The van der Waals surface area contributed by atoms with Crippen LogP contribution in [-0.2, 0) is 0 Å². The van der Waals surface area contributed by atoms with Crippen molar-refractivity contribution in [2.45, 2.75) is 0 Å². The van der Waals surface area contributed by atoms with E-state index in [9.17, 15) is 0 Å². The van der Waals surface area contributed by atoms with Gasteiger partial charge in [-0.05, 0) is 24.3 Å².